The van der Waals surface area contributed by atoms with Crippen molar-refractivity contribution in [2.24, 2.45) is 0 Å². The SMILES string of the molecule is Cc1ccc(-c2cc(C(=O)N3CCC(N4CCC4)CC3)c3cnn(C(C)C)c3n2)cc1. The molecule has 0 radical (unpaired) electrons. The maximum atomic E-state index is 13.6. The number of fused-ring (bicyclic) bond motifs is 1. The summed E-state index contributed by atoms with van der Waals surface area (Å²) < 4.78 is 1.92. The zero-order valence-electron chi connectivity index (χ0n) is 18.7. The molecular formula is C25H31N5O. The molecule has 3 aromatic rings. The van der Waals surface area contributed by atoms with Gasteiger partial charge in [-0.25, -0.2) is 9.67 Å². The van der Waals surface area contributed by atoms with Crippen molar-refractivity contribution in [2.75, 3.05) is 26.2 Å². The Morgan fingerprint density at radius 2 is 1.77 bits per heavy atom. The normalized spacial score (nSPS) is 18.0. The molecule has 0 unspecified atom stereocenters. The van der Waals surface area contributed by atoms with Crippen molar-refractivity contribution in [1.82, 2.24) is 24.6 Å². The third-order valence-corrected chi connectivity index (χ3v) is 6.79. The molecule has 0 N–H and O–H groups in total. The lowest BCUT2D eigenvalue weighted by molar-refractivity contribution is 0.0490. The van der Waals surface area contributed by atoms with E-state index >= 15 is 0 Å². The third-order valence-electron chi connectivity index (χ3n) is 6.79. The number of aromatic nitrogens is 3. The third kappa shape index (κ3) is 3.74. The Bertz CT molecular complexity index is 1090. The maximum absolute atomic E-state index is 13.6. The van der Waals surface area contributed by atoms with Gasteiger partial charge in [-0.15, -0.1) is 0 Å². The quantitative estimate of drug-likeness (QED) is 0.635. The lowest BCUT2D eigenvalue weighted by Crippen LogP contribution is -2.51. The van der Waals surface area contributed by atoms with Crippen LogP contribution in [0.1, 0.15) is 55.1 Å². The molecular weight excluding hydrogens is 386 g/mol. The first kappa shape index (κ1) is 20.2. The summed E-state index contributed by atoms with van der Waals surface area (Å²) in [6, 6.07) is 11.1. The highest BCUT2D eigenvalue weighted by Gasteiger charge is 2.31. The highest BCUT2D eigenvalue weighted by atomic mass is 16.2. The Morgan fingerprint density at radius 1 is 1.06 bits per heavy atom. The fourth-order valence-corrected chi connectivity index (χ4v) is 4.76. The van der Waals surface area contributed by atoms with Crippen molar-refractivity contribution < 1.29 is 4.79 Å². The summed E-state index contributed by atoms with van der Waals surface area (Å²) in [4.78, 5) is 23.1. The number of aryl methyl sites for hydroxylation is 1. The lowest BCUT2D eigenvalue weighted by Gasteiger charge is -2.43. The van der Waals surface area contributed by atoms with E-state index in [4.69, 9.17) is 4.98 Å². The van der Waals surface area contributed by atoms with E-state index in [1.165, 1.54) is 25.1 Å². The van der Waals surface area contributed by atoms with Crippen molar-refractivity contribution in [1.29, 1.82) is 0 Å². The van der Waals surface area contributed by atoms with Crippen LogP contribution < -0.4 is 0 Å². The second-order valence-electron chi connectivity index (χ2n) is 9.25. The van der Waals surface area contributed by atoms with Crippen LogP contribution in [0.3, 0.4) is 0 Å². The van der Waals surface area contributed by atoms with Crippen LogP contribution in [0.5, 0.6) is 0 Å². The van der Waals surface area contributed by atoms with Crippen LogP contribution in [0.2, 0.25) is 0 Å². The highest BCUT2D eigenvalue weighted by Crippen LogP contribution is 2.29. The highest BCUT2D eigenvalue weighted by molar-refractivity contribution is 6.06. The van der Waals surface area contributed by atoms with Gasteiger partial charge in [0.05, 0.1) is 22.8 Å². The minimum Gasteiger partial charge on any atom is -0.339 e. The Balaban J connectivity index is 1.50. The first-order valence-electron chi connectivity index (χ1n) is 11.5. The van der Waals surface area contributed by atoms with Crippen molar-refractivity contribution in [3.63, 3.8) is 0 Å². The number of carbonyl (C=O) groups is 1. The van der Waals surface area contributed by atoms with E-state index in [-0.39, 0.29) is 11.9 Å². The predicted octanol–water partition coefficient (Wildman–Crippen LogP) is 4.30. The number of piperidine rings is 1. The standard InChI is InChI=1S/C25H31N5O/c1-17(2)30-24-22(16-26-30)21(15-23(27-24)19-7-5-18(3)6-8-19)25(31)29-13-9-20(10-14-29)28-11-4-12-28/h5-8,15-17,20H,4,9-14H2,1-3H3. The number of likely N-dealkylation sites (tertiary alicyclic amines) is 2. The molecule has 6 nitrogen and oxygen atoms in total. The smallest absolute Gasteiger partial charge is 0.254 e. The molecule has 4 heterocycles. The summed E-state index contributed by atoms with van der Waals surface area (Å²) >= 11 is 0. The largest absolute Gasteiger partial charge is 0.339 e. The van der Waals surface area contributed by atoms with Crippen LogP contribution in [0.25, 0.3) is 22.3 Å². The fraction of sp³-hybridized carbons (Fsp3) is 0.480. The van der Waals surface area contributed by atoms with Gasteiger partial charge in [0, 0.05) is 30.7 Å². The molecule has 6 heteroatoms. The van der Waals surface area contributed by atoms with E-state index in [1.54, 1.807) is 6.20 Å². The Kier molecular flexibility index (Phi) is 5.26. The van der Waals surface area contributed by atoms with Crippen LogP contribution in [-0.4, -0.2) is 62.7 Å². The summed E-state index contributed by atoms with van der Waals surface area (Å²) in [6.45, 7) is 10.3. The van der Waals surface area contributed by atoms with Crippen molar-refractivity contribution in [2.45, 2.75) is 52.1 Å². The first-order chi connectivity index (χ1) is 15.0. The fourth-order valence-electron chi connectivity index (χ4n) is 4.76. The molecule has 0 saturated carbocycles. The summed E-state index contributed by atoms with van der Waals surface area (Å²) in [7, 11) is 0. The average molecular weight is 418 g/mol. The van der Waals surface area contributed by atoms with Gasteiger partial charge < -0.3 is 9.80 Å². The molecule has 5 rings (SSSR count). The van der Waals surface area contributed by atoms with Gasteiger partial charge in [0.15, 0.2) is 5.65 Å². The summed E-state index contributed by atoms with van der Waals surface area (Å²) in [5, 5.41) is 5.41. The maximum Gasteiger partial charge on any atom is 0.254 e. The number of benzene rings is 1. The van der Waals surface area contributed by atoms with E-state index in [0.29, 0.717) is 6.04 Å². The number of rotatable bonds is 4. The molecule has 1 amide bonds. The van der Waals surface area contributed by atoms with Gasteiger partial charge in [-0.3, -0.25) is 4.79 Å². The number of hydrogen-bond acceptors (Lipinski definition) is 4. The van der Waals surface area contributed by atoms with Gasteiger partial charge in [0.1, 0.15) is 0 Å². The van der Waals surface area contributed by atoms with E-state index in [9.17, 15) is 4.79 Å². The van der Waals surface area contributed by atoms with E-state index in [0.717, 1.165) is 53.8 Å². The minimum absolute atomic E-state index is 0.103. The second kappa shape index (κ2) is 8.08. The molecule has 1 aromatic carbocycles. The van der Waals surface area contributed by atoms with Crippen LogP contribution in [0.4, 0.5) is 0 Å². The van der Waals surface area contributed by atoms with Crippen LogP contribution in [-0.2, 0) is 0 Å². The molecule has 2 aliphatic heterocycles. The van der Waals surface area contributed by atoms with E-state index in [2.05, 4.69) is 55.0 Å². The molecule has 162 valence electrons. The van der Waals surface area contributed by atoms with Crippen molar-refractivity contribution in [3.8, 4) is 11.3 Å². The summed E-state index contributed by atoms with van der Waals surface area (Å²) in [5.74, 6) is 0.103. The van der Waals surface area contributed by atoms with E-state index < -0.39 is 0 Å². The van der Waals surface area contributed by atoms with Crippen LogP contribution in [0, 0.1) is 6.92 Å². The average Bonchev–Trinajstić information content (AvgIpc) is 3.17. The number of pyridine rings is 1. The van der Waals surface area contributed by atoms with Gasteiger partial charge in [-0.1, -0.05) is 29.8 Å². The predicted molar refractivity (Wildman–Crippen MR) is 123 cm³/mol. The topological polar surface area (TPSA) is 54.3 Å². The molecule has 2 fully saturated rings. The minimum atomic E-state index is 0.103. The molecule has 0 atom stereocenters. The van der Waals surface area contributed by atoms with Gasteiger partial charge in [0.2, 0.25) is 0 Å². The number of amides is 1. The number of nitrogens with zero attached hydrogens (tertiary/aromatic N) is 5. The zero-order valence-corrected chi connectivity index (χ0v) is 18.7. The lowest BCUT2D eigenvalue weighted by atomic mass is 9.98. The van der Waals surface area contributed by atoms with Gasteiger partial charge >= 0.3 is 0 Å². The summed E-state index contributed by atoms with van der Waals surface area (Å²) in [5.41, 5.74) is 4.56. The Morgan fingerprint density at radius 3 is 2.39 bits per heavy atom. The molecule has 0 aliphatic carbocycles. The monoisotopic (exact) mass is 417 g/mol. The molecule has 0 bridgehead atoms. The Hall–Kier alpha value is -2.73. The van der Waals surface area contributed by atoms with Gasteiger partial charge in [-0.05, 0) is 59.2 Å². The Labute approximate surface area is 183 Å². The van der Waals surface area contributed by atoms with Gasteiger partial charge in [-0.2, -0.15) is 5.10 Å². The summed E-state index contributed by atoms with van der Waals surface area (Å²) in [6.07, 6.45) is 5.25. The molecule has 2 aliphatic rings. The molecule has 2 aromatic heterocycles. The molecule has 2 saturated heterocycles. The van der Waals surface area contributed by atoms with Crippen molar-refractivity contribution in [3.05, 3.63) is 47.7 Å². The number of hydrogen-bond donors (Lipinski definition) is 0. The number of carbonyl (C=O) groups excluding carboxylic acids is 1. The van der Waals surface area contributed by atoms with Gasteiger partial charge in [0.25, 0.3) is 5.91 Å². The molecule has 0 spiro atoms. The van der Waals surface area contributed by atoms with E-state index in [1.807, 2.05) is 15.6 Å². The van der Waals surface area contributed by atoms with Crippen LogP contribution >= 0.6 is 0 Å². The molecule has 31 heavy (non-hydrogen) atoms. The zero-order chi connectivity index (χ0) is 21.5. The van der Waals surface area contributed by atoms with Crippen LogP contribution in [0.15, 0.2) is 36.5 Å². The van der Waals surface area contributed by atoms with Crippen molar-refractivity contribution >= 4 is 16.9 Å². The second-order valence-corrected chi connectivity index (χ2v) is 9.25. The first-order valence-corrected chi connectivity index (χ1v) is 11.5.